The number of aryl methyl sites for hydroxylation is 1. The average molecular weight is 209 g/mol. The first-order valence-corrected chi connectivity index (χ1v) is 5.21. The lowest BCUT2D eigenvalue weighted by Gasteiger charge is -2.17. The van der Waals surface area contributed by atoms with Gasteiger partial charge in [-0.2, -0.15) is 0 Å². The van der Waals surface area contributed by atoms with Crippen molar-refractivity contribution < 1.29 is 9.90 Å². The predicted octanol–water partition coefficient (Wildman–Crippen LogP) is 0.814. The van der Waals surface area contributed by atoms with Gasteiger partial charge in [0, 0.05) is 32.0 Å². The molecule has 5 heteroatoms. The van der Waals surface area contributed by atoms with Crippen molar-refractivity contribution in [2.24, 2.45) is 5.92 Å². The lowest BCUT2D eigenvalue weighted by Crippen LogP contribution is -2.25. The van der Waals surface area contributed by atoms with Crippen LogP contribution in [0.4, 0.5) is 5.95 Å². The third-order valence-corrected chi connectivity index (χ3v) is 2.85. The van der Waals surface area contributed by atoms with E-state index in [0.29, 0.717) is 13.0 Å². The molecular formula is C10H15N3O2. The molecule has 0 spiro atoms. The Bertz CT molecular complexity index is 361. The predicted molar refractivity (Wildman–Crippen MR) is 55.9 cm³/mol. The Morgan fingerprint density at radius 1 is 1.73 bits per heavy atom. The number of aliphatic carboxylic acids is 1. The van der Waals surface area contributed by atoms with Gasteiger partial charge < -0.3 is 14.6 Å². The normalized spacial score (nSPS) is 20.9. The van der Waals surface area contributed by atoms with Crippen molar-refractivity contribution in [3.8, 4) is 0 Å². The van der Waals surface area contributed by atoms with Gasteiger partial charge in [-0.1, -0.05) is 0 Å². The summed E-state index contributed by atoms with van der Waals surface area (Å²) in [4.78, 5) is 17.1. The third kappa shape index (κ3) is 1.82. The Morgan fingerprint density at radius 2 is 2.53 bits per heavy atom. The summed E-state index contributed by atoms with van der Waals surface area (Å²) < 4.78 is 2.03. The molecule has 0 aliphatic carbocycles. The Hall–Kier alpha value is -1.52. The first kappa shape index (κ1) is 10.0. The molecule has 1 aromatic heterocycles. The molecule has 5 nitrogen and oxygen atoms in total. The van der Waals surface area contributed by atoms with Crippen LogP contribution in [0.25, 0.3) is 0 Å². The second-order valence-corrected chi connectivity index (χ2v) is 3.78. The van der Waals surface area contributed by atoms with Crippen LogP contribution in [0.1, 0.15) is 13.3 Å². The number of carboxylic acids is 1. The van der Waals surface area contributed by atoms with E-state index < -0.39 is 5.97 Å². The van der Waals surface area contributed by atoms with E-state index in [1.54, 1.807) is 6.20 Å². The molecule has 2 heterocycles. The van der Waals surface area contributed by atoms with Crippen LogP contribution >= 0.6 is 0 Å². The highest BCUT2D eigenvalue weighted by atomic mass is 16.4. The maximum Gasteiger partial charge on any atom is 0.308 e. The molecule has 1 aliphatic rings. The number of hydrogen-bond acceptors (Lipinski definition) is 3. The van der Waals surface area contributed by atoms with Crippen molar-refractivity contribution in [2.45, 2.75) is 19.9 Å². The zero-order valence-electron chi connectivity index (χ0n) is 8.76. The van der Waals surface area contributed by atoms with E-state index >= 15 is 0 Å². The molecule has 0 saturated carbocycles. The summed E-state index contributed by atoms with van der Waals surface area (Å²) in [5.41, 5.74) is 0. The zero-order chi connectivity index (χ0) is 10.8. The van der Waals surface area contributed by atoms with E-state index in [9.17, 15) is 4.79 Å². The molecule has 2 rings (SSSR count). The molecule has 0 amide bonds. The number of nitrogens with zero attached hydrogens (tertiary/aromatic N) is 3. The molecule has 82 valence electrons. The molecule has 15 heavy (non-hydrogen) atoms. The maximum atomic E-state index is 10.8. The number of imidazole rings is 1. The maximum absolute atomic E-state index is 10.8. The van der Waals surface area contributed by atoms with Crippen LogP contribution in [0.2, 0.25) is 0 Å². The van der Waals surface area contributed by atoms with E-state index in [2.05, 4.69) is 11.9 Å². The highest BCUT2D eigenvalue weighted by Gasteiger charge is 2.29. The average Bonchev–Trinajstić information content (AvgIpc) is 2.85. The SMILES string of the molecule is CCn1ccnc1N1CCC(C(=O)O)C1. The van der Waals surface area contributed by atoms with Crippen molar-refractivity contribution in [2.75, 3.05) is 18.0 Å². The molecule has 1 aromatic rings. The fraction of sp³-hybridized carbons (Fsp3) is 0.600. The number of carboxylic acid groups (broad SMARTS) is 1. The van der Waals surface area contributed by atoms with Crippen LogP contribution in [-0.2, 0) is 11.3 Å². The van der Waals surface area contributed by atoms with Gasteiger partial charge in [-0.05, 0) is 13.3 Å². The molecule has 1 unspecified atom stereocenters. The van der Waals surface area contributed by atoms with Gasteiger partial charge >= 0.3 is 5.97 Å². The Morgan fingerprint density at radius 3 is 3.13 bits per heavy atom. The van der Waals surface area contributed by atoms with E-state index in [0.717, 1.165) is 19.0 Å². The lowest BCUT2D eigenvalue weighted by atomic mass is 10.1. The van der Waals surface area contributed by atoms with Crippen molar-refractivity contribution in [3.63, 3.8) is 0 Å². The number of carbonyl (C=O) groups is 1. The van der Waals surface area contributed by atoms with Crippen LogP contribution in [0.5, 0.6) is 0 Å². The fourth-order valence-corrected chi connectivity index (χ4v) is 1.97. The van der Waals surface area contributed by atoms with Crippen LogP contribution in [0.15, 0.2) is 12.4 Å². The highest BCUT2D eigenvalue weighted by molar-refractivity contribution is 5.71. The summed E-state index contributed by atoms with van der Waals surface area (Å²) in [6.07, 6.45) is 4.39. The number of anilines is 1. The van der Waals surface area contributed by atoms with E-state index in [1.807, 2.05) is 15.7 Å². The molecule has 0 aromatic carbocycles. The van der Waals surface area contributed by atoms with Crippen LogP contribution in [0, 0.1) is 5.92 Å². The second kappa shape index (κ2) is 3.92. The summed E-state index contributed by atoms with van der Waals surface area (Å²) in [6, 6.07) is 0. The van der Waals surface area contributed by atoms with Gasteiger partial charge in [0.05, 0.1) is 5.92 Å². The molecule has 1 N–H and O–H groups in total. The molecule has 1 saturated heterocycles. The van der Waals surface area contributed by atoms with Gasteiger partial charge in [0.2, 0.25) is 5.95 Å². The lowest BCUT2D eigenvalue weighted by molar-refractivity contribution is -0.140. The van der Waals surface area contributed by atoms with Crippen LogP contribution in [0.3, 0.4) is 0 Å². The van der Waals surface area contributed by atoms with Gasteiger partial charge in [0.15, 0.2) is 0 Å². The Kier molecular flexibility index (Phi) is 2.62. The van der Waals surface area contributed by atoms with Crippen molar-refractivity contribution in [3.05, 3.63) is 12.4 Å². The zero-order valence-corrected chi connectivity index (χ0v) is 8.76. The minimum atomic E-state index is -0.702. The Balaban J connectivity index is 2.10. The summed E-state index contributed by atoms with van der Waals surface area (Å²) in [7, 11) is 0. The monoisotopic (exact) mass is 209 g/mol. The molecular weight excluding hydrogens is 194 g/mol. The van der Waals surface area contributed by atoms with Crippen molar-refractivity contribution >= 4 is 11.9 Å². The van der Waals surface area contributed by atoms with E-state index in [4.69, 9.17) is 5.11 Å². The quantitative estimate of drug-likeness (QED) is 0.800. The summed E-state index contributed by atoms with van der Waals surface area (Å²) in [6.45, 7) is 4.28. The Labute approximate surface area is 88.3 Å². The molecule has 0 radical (unpaired) electrons. The molecule has 1 aliphatic heterocycles. The molecule has 0 bridgehead atoms. The van der Waals surface area contributed by atoms with Gasteiger partial charge in [0.1, 0.15) is 0 Å². The van der Waals surface area contributed by atoms with Gasteiger partial charge in [-0.15, -0.1) is 0 Å². The number of hydrogen-bond donors (Lipinski definition) is 1. The van der Waals surface area contributed by atoms with Crippen LogP contribution < -0.4 is 4.90 Å². The van der Waals surface area contributed by atoms with Gasteiger partial charge in [0.25, 0.3) is 0 Å². The van der Waals surface area contributed by atoms with Crippen molar-refractivity contribution in [1.82, 2.24) is 9.55 Å². The largest absolute Gasteiger partial charge is 0.481 e. The first-order chi connectivity index (χ1) is 7.22. The standard InChI is InChI=1S/C10H15N3O2/c1-2-12-6-4-11-10(12)13-5-3-8(7-13)9(14)15/h4,6,8H,2-3,5,7H2,1H3,(H,14,15). The van der Waals surface area contributed by atoms with Crippen molar-refractivity contribution in [1.29, 1.82) is 0 Å². The third-order valence-electron chi connectivity index (χ3n) is 2.85. The molecule has 1 fully saturated rings. The topological polar surface area (TPSA) is 58.4 Å². The second-order valence-electron chi connectivity index (χ2n) is 3.78. The van der Waals surface area contributed by atoms with E-state index in [-0.39, 0.29) is 5.92 Å². The molecule has 1 atom stereocenters. The summed E-state index contributed by atoms with van der Waals surface area (Å²) in [5, 5.41) is 8.90. The smallest absolute Gasteiger partial charge is 0.308 e. The summed E-state index contributed by atoms with van der Waals surface area (Å²) in [5.74, 6) is -0.0552. The summed E-state index contributed by atoms with van der Waals surface area (Å²) >= 11 is 0. The minimum Gasteiger partial charge on any atom is -0.481 e. The number of aromatic nitrogens is 2. The first-order valence-electron chi connectivity index (χ1n) is 5.21. The van der Waals surface area contributed by atoms with Gasteiger partial charge in [-0.3, -0.25) is 4.79 Å². The van der Waals surface area contributed by atoms with E-state index in [1.165, 1.54) is 0 Å². The fourth-order valence-electron chi connectivity index (χ4n) is 1.97. The van der Waals surface area contributed by atoms with Gasteiger partial charge in [-0.25, -0.2) is 4.98 Å². The van der Waals surface area contributed by atoms with Crippen LogP contribution in [-0.4, -0.2) is 33.7 Å². The minimum absolute atomic E-state index is 0.244. The highest BCUT2D eigenvalue weighted by Crippen LogP contribution is 2.22. The number of rotatable bonds is 3.